The lowest BCUT2D eigenvalue weighted by Crippen LogP contribution is -2.48. The summed E-state index contributed by atoms with van der Waals surface area (Å²) < 4.78 is 47.7. The number of hydrogen-bond acceptors (Lipinski definition) is 8. The van der Waals surface area contributed by atoms with Gasteiger partial charge in [0.1, 0.15) is 17.7 Å². The molecular formula is C36H46FN5O7S. The Bertz CT molecular complexity index is 1760. The van der Waals surface area contributed by atoms with Crippen LogP contribution in [0.3, 0.4) is 0 Å². The second-order valence-electron chi connectivity index (χ2n) is 12.7. The van der Waals surface area contributed by atoms with E-state index in [1.165, 1.54) is 19.2 Å². The first-order valence-corrected chi connectivity index (χ1v) is 18.1. The van der Waals surface area contributed by atoms with Crippen molar-refractivity contribution in [3.8, 4) is 5.75 Å². The van der Waals surface area contributed by atoms with Crippen LogP contribution in [0.15, 0.2) is 71.6 Å². The molecule has 50 heavy (non-hydrogen) atoms. The Labute approximate surface area is 292 Å². The van der Waals surface area contributed by atoms with Crippen molar-refractivity contribution in [3.63, 3.8) is 0 Å². The number of nitrogens with two attached hydrogens (primary N) is 1. The van der Waals surface area contributed by atoms with E-state index in [0.29, 0.717) is 54.1 Å². The molecule has 0 saturated carbocycles. The molecule has 1 aliphatic heterocycles. The summed E-state index contributed by atoms with van der Waals surface area (Å²) in [7, 11) is -2.58. The minimum absolute atomic E-state index is 0.0662. The van der Waals surface area contributed by atoms with Crippen molar-refractivity contribution in [2.75, 3.05) is 43.1 Å². The molecular weight excluding hydrogens is 665 g/mol. The van der Waals surface area contributed by atoms with E-state index in [4.69, 9.17) is 10.5 Å². The molecule has 0 radical (unpaired) electrons. The number of hydrogen-bond donors (Lipinski definition) is 4. The Morgan fingerprint density at radius 2 is 1.70 bits per heavy atom. The minimum Gasteiger partial charge on any atom is -0.488 e. The highest BCUT2D eigenvalue weighted by Gasteiger charge is 2.33. The predicted octanol–water partition coefficient (Wildman–Crippen LogP) is 4.41. The number of carbonyl (C=O) groups excluding carboxylic acids is 3. The summed E-state index contributed by atoms with van der Waals surface area (Å²) in [6.07, 6.45) is 1.60. The number of carbonyl (C=O) groups is 3. The van der Waals surface area contributed by atoms with E-state index >= 15 is 0 Å². The van der Waals surface area contributed by atoms with Crippen LogP contribution in [-0.4, -0.2) is 79.3 Å². The van der Waals surface area contributed by atoms with Crippen LogP contribution in [0.1, 0.15) is 51.5 Å². The maximum atomic E-state index is 13.5. The fraction of sp³-hybridized carbons (Fsp3) is 0.417. The van der Waals surface area contributed by atoms with Gasteiger partial charge >= 0.3 is 0 Å². The first-order valence-electron chi connectivity index (χ1n) is 16.6. The molecule has 0 unspecified atom stereocenters. The molecule has 0 bridgehead atoms. The van der Waals surface area contributed by atoms with Crippen LogP contribution in [-0.2, 0) is 30.8 Å². The molecule has 3 atom stereocenters. The molecule has 0 aromatic heterocycles. The molecule has 0 aliphatic carbocycles. The van der Waals surface area contributed by atoms with Crippen molar-refractivity contribution in [1.82, 2.24) is 9.21 Å². The Morgan fingerprint density at radius 3 is 2.36 bits per heavy atom. The second kappa shape index (κ2) is 17.4. The van der Waals surface area contributed by atoms with Crippen molar-refractivity contribution in [2.24, 2.45) is 5.92 Å². The number of sulfonamides is 1. The van der Waals surface area contributed by atoms with Gasteiger partial charge in [-0.25, -0.2) is 12.8 Å². The average Bonchev–Trinajstić information content (AvgIpc) is 3.12. The molecule has 0 spiro atoms. The average molecular weight is 712 g/mol. The number of unbranched alkanes of at least 4 members (excludes halogenated alkanes) is 2. The first kappa shape index (κ1) is 38.3. The standard InChI is InChI=1S/C36H46FN5O7S/c1-24-21-42(25(2)23-43)36(46)20-26-19-28(39-34(44)11-5-4-6-12-35(45)40-31-10-8-7-9-30(31)38)15-18-32(26)49-33(24)22-41(3)50(47,48)29-16-13-27(37)14-17-29/h7-10,13-19,24-25,33,43H,4-6,11-12,20-23,38H2,1-3H3,(H,39,44)(H,40,45)/t24-,25-,33+/m1/s1. The molecule has 270 valence electrons. The number of fused-ring (bicyclic) bond motifs is 1. The first-order chi connectivity index (χ1) is 23.8. The SMILES string of the molecule is C[C@@H]1CN([C@H](C)CO)C(=O)Cc2cc(NC(=O)CCCCCC(=O)Nc3ccccc3N)ccc2O[C@H]1CN(C)S(=O)(=O)c1ccc(F)cc1. The molecule has 4 rings (SSSR count). The number of aliphatic hydroxyl groups excluding tert-OH is 1. The van der Waals surface area contributed by atoms with Gasteiger partial charge in [-0.05, 0) is 74.4 Å². The molecule has 3 aromatic rings. The van der Waals surface area contributed by atoms with Gasteiger partial charge in [-0.2, -0.15) is 4.31 Å². The van der Waals surface area contributed by atoms with Crippen LogP contribution in [0.25, 0.3) is 0 Å². The molecule has 5 N–H and O–H groups in total. The quantitative estimate of drug-likeness (QED) is 0.141. The lowest BCUT2D eigenvalue weighted by molar-refractivity contribution is -0.134. The summed E-state index contributed by atoms with van der Waals surface area (Å²) in [6, 6.07) is 16.1. The third-order valence-electron chi connectivity index (χ3n) is 8.70. The van der Waals surface area contributed by atoms with Gasteiger partial charge in [-0.3, -0.25) is 14.4 Å². The van der Waals surface area contributed by atoms with Gasteiger partial charge in [0.25, 0.3) is 0 Å². The number of para-hydroxylation sites is 2. The third kappa shape index (κ3) is 10.2. The molecule has 3 aromatic carbocycles. The van der Waals surface area contributed by atoms with Crippen LogP contribution >= 0.6 is 0 Å². The number of amides is 3. The van der Waals surface area contributed by atoms with E-state index in [1.807, 2.05) is 6.92 Å². The number of benzene rings is 3. The number of nitrogen functional groups attached to an aromatic ring is 1. The van der Waals surface area contributed by atoms with Crippen LogP contribution in [0.5, 0.6) is 5.75 Å². The van der Waals surface area contributed by atoms with E-state index in [-0.39, 0.29) is 61.1 Å². The number of rotatable bonds is 14. The lowest BCUT2D eigenvalue weighted by Gasteiger charge is -2.33. The summed E-state index contributed by atoms with van der Waals surface area (Å²) in [5, 5.41) is 15.6. The smallest absolute Gasteiger partial charge is 0.242 e. The predicted molar refractivity (Wildman–Crippen MR) is 189 cm³/mol. The monoisotopic (exact) mass is 711 g/mol. The van der Waals surface area contributed by atoms with Gasteiger partial charge in [-0.1, -0.05) is 25.5 Å². The van der Waals surface area contributed by atoms with Gasteiger partial charge in [0.2, 0.25) is 27.7 Å². The molecule has 12 nitrogen and oxygen atoms in total. The van der Waals surface area contributed by atoms with E-state index in [9.17, 15) is 32.3 Å². The van der Waals surface area contributed by atoms with E-state index in [1.54, 1.807) is 54.3 Å². The highest BCUT2D eigenvalue weighted by molar-refractivity contribution is 7.89. The Hall–Kier alpha value is -4.53. The summed E-state index contributed by atoms with van der Waals surface area (Å²) in [4.78, 5) is 40.1. The summed E-state index contributed by atoms with van der Waals surface area (Å²) in [6.45, 7) is 3.44. The van der Waals surface area contributed by atoms with Crippen molar-refractivity contribution >= 4 is 44.8 Å². The zero-order valence-corrected chi connectivity index (χ0v) is 29.4. The van der Waals surface area contributed by atoms with Gasteiger partial charge in [-0.15, -0.1) is 0 Å². The number of ether oxygens (including phenoxy) is 1. The summed E-state index contributed by atoms with van der Waals surface area (Å²) in [5.74, 6) is -1.16. The van der Waals surface area contributed by atoms with Crippen molar-refractivity contribution in [2.45, 2.75) is 69.4 Å². The molecule has 14 heteroatoms. The maximum absolute atomic E-state index is 13.5. The summed E-state index contributed by atoms with van der Waals surface area (Å²) in [5.41, 5.74) is 7.89. The van der Waals surface area contributed by atoms with Crippen molar-refractivity contribution in [1.29, 1.82) is 0 Å². The van der Waals surface area contributed by atoms with Crippen LogP contribution in [0, 0.1) is 11.7 Å². The largest absolute Gasteiger partial charge is 0.488 e. The van der Waals surface area contributed by atoms with Crippen molar-refractivity contribution < 1.29 is 37.0 Å². The minimum atomic E-state index is -3.99. The number of halogens is 1. The van der Waals surface area contributed by atoms with Crippen molar-refractivity contribution in [3.05, 3.63) is 78.1 Å². The van der Waals surface area contributed by atoms with Crippen LogP contribution in [0.2, 0.25) is 0 Å². The van der Waals surface area contributed by atoms with Gasteiger partial charge in [0, 0.05) is 43.6 Å². The molecule has 3 amide bonds. The topological polar surface area (TPSA) is 171 Å². The van der Waals surface area contributed by atoms with Gasteiger partial charge < -0.3 is 31.1 Å². The number of aliphatic hydroxyl groups is 1. The maximum Gasteiger partial charge on any atom is 0.242 e. The Kier molecular flexibility index (Phi) is 13.3. The fourth-order valence-corrected chi connectivity index (χ4v) is 6.84. The molecule has 1 heterocycles. The van der Waals surface area contributed by atoms with E-state index < -0.39 is 28.0 Å². The Balaban J connectivity index is 1.41. The highest BCUT2D eigenvalue weighted by atomic mass is 32.2. The summed E-state index contributed by atoms with van der Waals surface area (Å²) >= 11 is 0. The lowest BCUT2D eigenvalue weighted by atomic mass is 10.0. The normalized spacial score (nSPS) is 17.2. The van der Waals surface area contributed by atoms with E-state index in [0.717, 1.165) is 16.4 Å². The van der Waals surface area contributed by atoms with Gasteiger partial charge in [0.05, 0.1) is 41.9 Å². The highest BCUT2D eigenvalue weighted by Crippen LogP contribution is 2.30. The number of likely N-dealkylation sites (N-methyl/N-ethyl adjacent to an activating group) is 1. The Morgan fingerprint density at radius 1 is 1.04 bits per heavy atom. The number of nitrogens with one attached hydrogen (secondary N) is 2. The number of nitrogens with zero attached hydrogens (tertiary/aromatic N) is 2. The van der Waals surface area contributed by atoms with Crippen LogP contribution < -0.4 is 21.1 Å². The van der Waals surface area contributed by atoms with E-state index in [2.05, 4.69) is 10.6 Å². The molecule has 0 fully saturated rings. The number of anilines is 3. The zero-order valence-electron chi connectivity index (χ0n) is 28.6. The fourth-order valence-electron chi connectivity index (χ4n) is 5.66. The molecule has 1 aliphatic rings. The zero-order chi connectivity index (χ0) is 36.4. The van der Waals surface area contributed by atoms with Crippen LogP contribution in [0.4, 0.5) is 21.5 Å². The third-order valence-corrected chi connectivity index (χ3v) is 10.5. The van der Waals surface area contributed by atoms with Gasteiger partial charge in [0.15, 0.2) is 0 Å². The molecule has 0 saturated heterocycles. The second-order valence-corrected chi connectivity index (χ2v) is 14.7.